The number of hydrogen-bond donors (Lipinski definition) is 2. The van der Waals surface area contributed by atoms with Gasteiger partial charge in [-0.3, -0.25) is 10.4 Å². The fraction of sp³-hybridized carbons (Fsp3) is 0.583. The van der Waals surface area contributed by atoms with Crippen LogP contribution in [-0.2, 0) is 11.3 Å². The number of nitrogens with one attached hydrogen (secondary N) is 1. The quantitative estimate of drug-likeness (QED) is 0.260. The Morgan fingerprint density at radius 2 is 2.42 bits per heavy atom. The van der Waals surface area contributed by atoms with Crippen LogP contribution in [0, 0.1) is 0 Å². The SMILES string of the molecule is CCOCCCN=C(NN)N(C)Cc1cc(Br)cs1. The minimum atomic E-state index is 0.695. The molecular formula is C12H21BrN4OS. The summed E-state index contributed by atoms with van der Waals surface area (Å²) in [4.78, 5) is 7.69. The molecule has 0 aliphatic carbocycles. The molecule has 1 heterocycles. The second-order valence-electron chi connectivity index (χ2n) is 3.99. The van der Waals surface area contributed by atoms with Crippen molar-refractivity contribution in [2.45, 2.75) is 19.9 Å². The highest BCUT2D eigenvalue weighted by molar-refractivity contribution is 9.10. The largest absolute Gasteiger partial charge is 0.382 e. The normalized spacial score (nSPS) is 11.7. The van der Waals surface area contributed by atoms with Crippen LogP contribution in [-0.4, -0.2) is 37.7 Å². The highest BCUT2D eigenvalue weighted by Gasteiger charge is 2.07. The van der Waals surface area contributed by atoms with Crippen LogP contribution in [0.3, 0.4) is 0 Å². The van der Waals surface area contributed by atoms with E-state index in [1.807, 2.05) is 18.9 Å². The first kappa shape index (κ1) is 16.4. The number of halogens is 1. The number of guanidine groups is 1. The second-order valence-corrected chi connectivity index (χ2v) is 5.90. The van der Waals surface area contributed by atoms with Gasteiger partial charge >= 0.3 is 0 Å². The fourth-order valence-corrected chi connectivity index (χ4v) is 3.02. The third-order valence-electron chi connectivity index (χ3n) is 2.42. The molecule has 0 aliphatic heterocycles. The molecular weight excluding hydrogens is 328 g/mol. The van der Waals surface area contributed by atoms with E-state index in [9.17, 15) is 0 Å². The number of aliphatic imine (C=N–C) groups is 1. The Kier molecular flexibility index (Phi) is 8.04. The van der Waals surface area contributed by atoms with Crippen molar-refractivity contribution in [3.8, 4) is 0 Å². The molecule has 1 aromatic rings. The monoisotopic (exact) mass is 348 g/mol. The molecule has 0 atom stereocenters. The van der Waals surface area contributed by atoms with E-state index in [-0.39, 0.29) is 0 Å². The highest BCUT2D eigenvalue weighted by atomic mass is 79.9. The van der Waals surface area contributed by atoms with E-state index in [2.05, 4.69) is 37.8 Å². The van der Waals surface area contributed by atoms with Crippen molar-refractivity contribution in [2.75, 3.05) is 26.8 Å². The molecule has 5 nitrogen and oxygen atoms in total. The van der Waals surface area contributed by atoms with E-state index in [1.165, 1.54) is 4.88 Å². The summed E-state index contributed by atoms with van der Waals surface area (Å²) < 4.78 is 6.38. The Labute approximate surface area is 126 Å². The van der Waals surface area contributed by atoms with Gasteiger partial charge in [0.05, 0.1) is 6.54 Å². The number of thiophene rings is 1. The minimum Gasteiger partial charge on any atom is -0.382 e. The van der Waals surface area contributed by atoms with Gasteiger partial charge in [-0.15, -0.1) is 11.3 Å². The van der Waals surface area contributed by atoms with E-state index in [0.29, 0.717) is 12.5 Å². The molecule has 108 valence electrons. The Hall–Kier alpha value is -0.630. The number of nitrogens with zero attached hydrogens (tertiary/aromatic N) is 2. The molecule has 0 amide bonds. The van der Waals surface area contributed by atoms with Gasteiger partial charge in [-0.25, -0.2) is 5.84 Å². The first-order chi connectivity index (χ1) is 9.17. The number of rotatable bonds is 7. The lowest BCUT2D eigenvalue weighted by molar-refractivity contribution is 0.146. The summed E-state index contributed by atoms with van der Waals surface area (Å²) in [6.45, 7) is 4.96. The van der Waals surface area contributed by atoms with Crippen molar-refractivity contribution in [1.82, 2.24) is 10.3 Å². The summed E-state index contributed by atoms with van der Waals surface area (Å²) in [5.41, 5.74) is 2.65. The first-order valence-corrected chi connectivity index (χ1v) is 7.87. The van der Waals surface area contributed by atoms with Gasteiger partial charge < -0.3 is 9.64 Å². The molecule has 0 saturated carbocycles. The lowest BCUT2D eigenvalue weighted by Crippen LogP contribution is -2.42. The van der Waals surface area contributed by atoms with E-state index in [4.69, 9.17) is 10.6 Å². The molecule has 19 heavy (non-hydrogen) atoms. The average Bonchev–Trinajstić information content (AvgIpc) is 2.79. The summed E-state index contributed by atoms with van der Waals surface area (Å²) in [6, 6.07) is 2.10. The molecule has 0 fully saturated rings. The van der Waals surface area contributed by atoms with Gasteiger partial charge in [-0.1, -0.05) is 0 Å². The molecule has 0 spiro atoms. The number of nitrogens with two attached hydrogens (primary N) is 1. The van der Waals surface area contributed by atoms with Gasteiger partial charge in [0.15, 0.2) is 0 Å². The smallest absolute Gasteiger partial charge is 0.208 e. The Morgan fingerprint density at radius 3 is 3.00 bits per heavy atom. The lowest BCUT2D eigenvalue weighted by Gasteiger charge is -2.19. The van der Waals surface area contributed by atoms with Crippen LogP contribution in [0.25, 0.3) is 0 Å². The van der Waals surface area contributed by atoms with Gasteiger partial charge in [0.1, 0.15) is 0 Å². The van der Waals surface area contributed by atoms with Gasteiger partial charge in [-0.2, -0.15) is 0 Å². The van der Waals surface area contributed by atoms with E-state index < -0.39 is 0 Å². The zero-order chi connectivity index (χ0) is 14.1. The molecule has 3 N–H and O–H groups in total. The predicted molar refractivity (Wildman–Crippen MR) is 84.2 cm³/mol. The Balaban J connectivity index is 2.42. The summed E-state index contributed by atoms with van der Waals surface area (Å²) in [6.07, 6.45) is 0.900. The lowest BCUT2D eigenvalue weighted by atomic mass is 10.4. The Bertz CT molecular complexity index is 397. The Morgan fingerprint density at radius 1 is 1.63 bits per heavy atom. The van der Waals surface area contributed by atoms with Gasteiger partial charge in [0, 0.05) is 41.5 Å². The van der Waals surface area contributed by atoms with Crippen molar-refractivity contribution in [1.29, 1.82) is 0 Å². The zero-order valence-corrected chi connectivity index (χ0v) is 13.8. The zero-order valence-electron chi connectivity index (χ0n) is 11.4. The van der Waals surface area contributed by atoms with Gasteiger partial charge in [0.25, 0.3) is 0 Å². The molecule has 0 saturated heterocycles. The van der Waals surface area contributed by atoms with Gasteiger partial charge in [-0.05, 0) is 35.3 Å². The molecule has 7 heteroatoms. The van der Waals surface area contributed by atoms with Crippen molar-refractivity contribution < 1.29 is 4.74 Å². The molecule has 1 rings (SSSR count). The minimum absolute atomic E-state index is 0.695. The number of hydrogen-bond acceptors (Lipinski definition) is 4. The molecule has 0 bridgehead atoms. The number of hydrazine groups is 1. The maximum Gasteiger partial charge on any atom is 0.208 e. The standard InChI is InChI=1S/C12H21BrN4OS/c1-3-18-6-4-5-15-12(16-14)17(2)8-11-7-10(13)9-19-11/h7,9H,3-6,8,14H2,1-2H3,(H,15,16). The maximum atomic E-state index is 5.51. The van der Waals surface area contributed by atoms with Crippen LogP contribution in [0.2, 0.25) is 0 Å². The first-order valence-electron chi connectivity index (χ1n) is 6.20. The third kappa shape index (κ3) is 6.38. The third-order valence-corrected chi connectivity index (χ3v) is 4.10. The summed E-state index contributed by atoms with van der Waals surface area (Å²) >= 11 is 5.16. The molecule has 0 aromatic carbocycles. The van der Waals surface area contributed by atoms with Crippen LogP contribution in [0.4, 0.5) is 0 Å². The summed E-state index contributed by atoms with van der Waals surface area (Å²) in [5, 5.41) is 2.07. The fourth-order valence-electron chi connectivity index (χ4n) is 1.52. The second kappa shape index (κ2) is 9.30. The molecule has 1 aromatic heterocycles. The predicted octanol–water partition coefficient (Wildman–Crippen LogP) is 2.19. The van der Waals surface area contributed by atoms with Crippen molar-refractivity contribution in [2.24, 2.45) is 10.8 Å². The summed E-state index contributed by atoms with van der Waals surface area (Å²) in [7, 11) is 1.97. The van der Waals surface area contributed by atoms with E-state index in [0.717, 1.165) is 30.7 Å². The highest BCUT2D eigenvalue weighted by Crippen LogP contribution is 2.20. The van der Waals surface area contributed by atoms with Crippen LogP contribution in [0.5, 0.6) is 0 Å². The van der Waals surface area contributed by atoms with E-state index in [1.54, 1.807) is 11.3 Å². The van der Waals surface area contributed by atoms with Crippen molar-refractivity contribution in [3.05, 3.63) is 20.8 Å². The van der Waals surface area contributed by atoms with Crippen molar-refractivity contribution in [3.63, 3.8) is 0 Å². The van der Waals surface area contributed by atoms with E-state index >= 15 is 0 Å². The molecule has 0 unspecified atom stereocenters. The summed E-state index contributed by atoms with van der Waals surface area (Å²) in [5.74, 6) is 6.21. The topological polar surface area (TPSA) is 62.9 Å². The molecule has 0 aliphatic rings. The van der Waals surface area contributed by atoms with Gasteiger partial charge in [0.2, 0.25) is 5.96 Å². The van der Waals surface area contributed by atoms with Crippen LogP contribution in [0.1, 0.15) is 18.2 Å². The van der Waals surface area contributed by atoms with Crippen LogP contribution >= 0.6 is 27.3 Å². The van der Waals surface area contributed by atoms with Crippen LogP contribution < -0.4 is 11.3 Å². The molecule has 0 radical (unpaired) electrons. The number of ether oxygens (including phenoxy) is 1. The average molecular weight is 349 g/mol. The maximum absolute atomic E-state index is 5.51. The van der Waals surface area contributed by atoms with Crippen molar-refractivity contribution >= 4 is 33.2 Å². The van der Waals surface area contributed by atoms with Crippen LogP contribution in [0.15, 0.2) is 20.9 Å².